The molecule has 0 aliphatic heterocycles. The molecule has 1 aromatic heterocycles. The number of hydrazone groups is 1. The molecule has 3 aromatic carbocycles. The molecule has 0 saturated heterocycles. The van der Waals surface area contributed by atoms with Crippen LogP contribution >= 0.6 is 11.3 Å². The van der Waals surface area contributed by atoms with Crippen molar-refractivity contribution in [1.29, 1.82) is 0 Å². The zero-order chi connectivity index (χ0) is 26.0. The van der Waals surface area contributed by atoms with Crippen LogP contribution in [0.3, 0.4) is 0 Å². The molecule has 1 atom stereocenters. The molecule has 0 saturated carbocycles. The summed E-state index contributed by atoms with van der Waals surface area (Å²) in [6, 6.07) is 24.1. The third-order valence-electron chi connectivity index (χ3n) is 5.20. The maximum Gasteiger partial charge on any atom is 0.257 e. The lowest BCUT2D eigenvalue weighted by Gasteiger charge is -2.17. The highest BCUT2D eigenvalue weighted by Gasteiger charge is 2.13. The Hall–Kier alpha value is -4.57. The second kappa shape index (κ2) is 12.4. The third kappa shape index (κ3) is 7.21. The van der Waals surface area contributed by atoms with Gasteiger partial charge in [-0.2, -0.15) is 5.10 Å². The van der Waals surface area contributed by atoms with Crippen LogP contribution in [0, 0.1) is 0 Å². The number of aromatic nitrogens is 2. The SMILES string of the molecule is COc1cc(/C=N\NC(=O)Cc2nnc(NC(=O)c3ccccc3)s2)ccc1O[C@H](C)c1ccccc1. The zero-order valence-electron chi connectivity index (χ0n) is 20.3. The molecular weight excluding hydrogens is 490 g/mol. The van der Waals surface area contributed by atoms with E-state index in [1.807, 2.05) is 49.4 Å². The summed E-state index contributed by atoms with van der Waals surface area (Å²) in [6.45, 7) is 1.97. The van der Waals surface area contributed by atoms with Gasteiger partial charge in [0.2, 0.25) is 11.0 Å². The molecule has 37 heavy (non-hydrogen) atoms. The minimum Gasteiger partial charge on any atom is -0.493 e. The van der Waals surface area contributed by atoms with Crippen LogP contribution in [0.25, 0.3) is 0 Å². The number of rotatable bonds is 10. The molecule has 188 valence electrons. The molecule has 4 aromatic rings. The Kier molecular flexibility index (Phi) is 8.56. The van der Waals surface area contributed by atoms with Crippen molar-refractivity contribution in [2.24, 2.45) is 5.10 Å². The number of ether oxygens (including phenoxy) is 2. The summed E-state index contributed by atoms with van der Waals surface area (Å²) < 4.78 is 11.5. The molecule has 0 bridgehead atoms. The van der Waals surface area contributed by atoms with E-state index in [1.54, 1.807) is 43.5 Å². The van der Waals surface area contributed by atoms with Crippen LogP contribution in [-0.4, -0.2) is 35.3 Å². The minimum atomic E-state index is -0.364. The number of nitrogens with zero attached hydrogens (tertiary/aromatic N) is 3. The fourth-order valence-corrected chi connectivity index (χ4v) is 4.07. The molecule has 1 heterocycles. The van der Waals surface area contributed by atoms with Gasteiger partial charge in [0.25, 0.3) is 5.91 Å². The van der Waals surface area contributed by atoms with Crippen molar-refractivity contribution < 1.29 is 19.1 Å². The van der Waals surface area contributed by atoms with Crippen LogP contribution in [0.1, 0.15) is 39.5 Å². The molecule has 0 radical (unpaired) electrons. The van der Waals surface area contributed by atoms with Crippen LogP contribution in [0.15, 0.2) is 84.0 Å². The van der Waals surface area contributed by atoms with Crippen LogP contribution in [-0.2, 0) is 11.2 Å². The van der Waals surface area contributed by atoms with E-state index < -0.39 is 0 Å². The molecule has 10 heteroatoms. The van der Waals surface area contributed by atoms with Crippen molar-refractivity contribution in [2.75, 3.05) is 12.4 Å². The van der Waals surface area contributed by atoms with Gasteiger partial charge in [-0.15, -0.1) is 10.2 Å². The maximum atomic E-state index is 12.3. The van der Waals surface area contributed by atoms with Gasteiger partial charge in [-0.3, -0.25) is 14.9 Å². The molecule has 0 fully saturated rings. The van der Waals surface area contributed by atoms with Crippen LogP contribution in [0.2, 0.25) is 0 Å². The van der Waals surface area contributed by atoms with Crippen molar-refractivity contribution in [3.8, 4) is 11.5 Å². The number of amides is 2. The first kappa shape index (κ1) is 25.5. The largest absolute Gasteiger partial charge is 0.493 e. The second-order valence-electron chi connectivity index (χ2n) is 7.87. The van der Waals surface area contributed by atoms with Crippen molar-refractivity contribution in [2.45, 2.75) is 19.4 Å². The summed E-state index contributed by atoms with van der Waals surface area (Å²) in [5, 5.41) is 15.3. The highest BCUT2D eigenvalue weighted by molar-refractivity contribution is 7.15. The number of carbonyl (C=O) groups excluding carboxylic acids is 2. The van der Waals surface area contributed by atoms with Gasteiger partial charge in [0.1, 0.15) is 11.1 Å². The number of nitrogens with one attached hydrogen (secondary N) is 2. The second-order valence-corrected chi connectivity index (χ2v) is 8.93. The van der Waals surface area contributed by atoms with E-state index in [9.17, 15) is 9.59 Å². The van der Waals surface area contributed by atoms with Crippen LogP contribution < -0.4 is 20.2 Å². The Morgan fingerprint density at radius 3 is 2.46 bits per heavy atom. The lowest BCUT2D eigenvalue weighted by molar-refractivity contribution is -0.120. The molecule has 4 rings (SSSR count). The Morgan fingerprint density at radius 2 is 1.73 bits per heavy atom. The first-order valence-corrected chi connectivity index (χ1v) is 12.2. The Labute approximate surface area is 218 Å². The number of carbonyl (C=O) groups is 2. The highest BCUT2D eigenvalue weighted by atomic mass is 32.1. The Balaban J connectivity index is 1.29. The molecular formula is C27H25N5O4S. The van der Waals surface area contributed by atoms with Gasteiger partial charge in [0.05, 0.1) is 19.7 Å². The van der Waals surface area contributed by atoms with E-state index in [0.717, 1.165) is 22.5 Å². The minimum absolute atomic E-state index is 0.0241. The lowest BCUT2D eigenvalue weighted by atomic mass is 10.1. The van der Waals surface area contributed by atoms with E-state index in [2.05, 4.69) is 26.0 Å². The summed E-state index contributed by atoms with van der Waals surface area (Å²) >= 11 is 1.13. The molecule has 0 aliphatic rings. The topological polar surface area (TPSA) is 115 Å². The van der Waals surface area contributed by atoms with Crippen molar-refractivity contribution in [3.05, 3.63) is 101 Å². The number of hydrogen-bond acceptors (Lipinski definition) is 8. The van der Waals surface area contributed by atoms with Crippen molar-refractivity contribution >= 4 is 34.5 Å². The molecule has 0 unspecified atom stereocenters. The van der Waals surface area contributed by atoms with Crippen LogP contribution in [0.5, 0.6) is 11.5 Å². The van der Waals surface area contributed by atoms with E-state index >= 15 is 0 Å². The Morgan fingerprint density at radius 1 is 1.00 bits per heavy atom. The number of methoxy groups -OCH3 is 1. The quantitative estimate of drug-likeness (QED) is 0.235. The monoisotopic (exact) mass is 515 g/mol. The predicted molar refractivity (Wildman–Crippen MR) is 142 cm³/mol. The van der Waals surface area contributed by atoms with Gasteiger partial charge >= 0.3 is 0 Å². The zero-order valence-corrected chi connectivity index (χ0v) is 21.1. The van der Waals surface area contributed by atoms with Crippen molar-refractivity contribution in [3.63, 3.8) is 0 Å². The van der Waals surface area contributed by atoms with Gasteiger partial charge in [0, 0.05) is 5.56 Å². The first-order valence-electron chi connectivity index (χ1n) is 11.4. The van der Waals surface area contributed by atoms with Gasteiger partial charge in [-0.25, -0.2) is 5.43 Å². The number of benzene rings is 3. The molecule has 0 aliphatic carbocycles. The van der Waals surface area contributed by atoms with E-state index in [4.69, 9.17) is 9.47 Å². The van der Waals surface area contributed by atoms with Crippen LogP contribution in [0.4, 0.5) is 5.13 Å². The first-order chi connectivity index (χ1) is 18.0. The fourth-order valence-electron chi connectivity index (χ4n) is 3.33. The molecule has 0 spiro atoms. The predicted octanol–water partition coefficient (Wildman–Crippen LogP) is 4.63. The lowest BCUT2D eigenvalue weighted by Crippen LogP contribution is -2.19. The van der Waals surface area contributed by atoms with E-state index in [0.29, 0.717) is 27.2 Å². The van der Waals surface area contributed by atoms with Gasteiger partial charge in [-0.05, 0) is 48.4 Å². The average molecular weight is 516 g/mol. The van der Waals surface area contributed by atoms with Gasteiger partial charge < -0.3 is 9.47 Å². The van der Waals surface area contributed by atoms with E-state index in [1.165, 1.54) is 6.21 Å². The number of anilines is 1. The summed E-state index contributed by atoms with van der Waals surface area (Å²) in [5.74, 6) is 0.499. The normalized spacial score (nSPS) is 11.6. The maximum absolute atomic E-state index is 12.3. The third-order valence-corrected chi connectivity index (χ3v) is 6.04. The van der Waals surface area contributed by atoms with Crippen molar-refractivity contribution in [1.82, 2.24) is 15.6 Å². The average Bonchev–Trinajstić information content (AvgIpc) is 3.36. The Bertz CT molecular complexity index is 1380. The summed E-state index contributed by atoms with van der Waals surface area (Å²) in [6.07, 6.45) is 1.33. The molecule has 2 amide bonds. The standard InChI is InChI=1S/C27H25N5O4S/c1-18(20-9-5-3-6-10-20)36-22-14-13-19(15-23(22)35-2)17-28-30-24(33)16-25-31-32-27(37-25)29-26(34)21-11-7-4-8-12-21/h3-15,17-18H,16H2,1-2H3,(H,30,33)(H,29,32,34)/b28-17-/t18-/m1/s1. The summed E-state index contributed by atoms with van der Waals surface area (Å²) in [7, 11) is 1.57. The smallest absolute Gasteiger partial charge is 0.257 e. The molecule has 2 N–H and O–H groups in total. The number of hydrogen-bond donors (Lipinski definition) is 2. The molecule has 9 nitrogen and oxygen atoms in total. The summed E-state index contributed by atoms with van der Waals surface area (Å²) in [5.41, 5.74) is 4.75. The van der Waals surface area contributed by atoms with Gasteiger partial charge in [-0.1, -0.05) is 59.9 Å². The fraction of sp³-hybridized carbons (Fsp3) is 0.148. The highest BCUT2D eigenvalue weighted by Crippen LogP contribution is 2.31. The van der Waals surface area contributed by atoms with Gasteiger partial charge in [0.15, 0.2) is 11.5 Å². The van der Waals surface area contributed by atoms with E-state index in [-0.39, 0.29) is 24.3 Å². The summed E-state index contributed by atoms with van der Waals surface area (Å²) in [4.78, 5) is 24.5.